The zero-order valence-corrected chi connectivity index (χ0v) is 16.0. The van der Waals surface area contributed by atoms with E-state index in [4.69, 9.17) is 11.6 Å². The molecule has 0 radical (unpaired) electrons. The summed E-state index contributed by atoms with van der Waals surface area (Å²) >= 11 is 5.78. The lowest BCUT2D eigenvalue weighted by Crippen LogP contribution is -2.31. The molecule has 1 heterocycles. The van der Waals surface area contributed by atoms with Crippen LogP contribution in [0.5, 0.6) is 0 Å². The number of aromatic nitrogens is 3. The van der Waals surface area contributed by atoms with Gasteiger partial charge in [0.05, 0.1) is 18.9 Å². The first kappa shape index (κ1) is 21.0. The van der Waals surface area contributed by atoms with Gasteiger partial charge in [0.25, 0.3) is 0 Å². The molecule has 28 heavy (non-hydrogen) atoms. The number of ether oxygens (including phenoxy) is 1. The van der Waals surface area contributed by atoms with Gasteiger partial charge >= 0.3 is 12.0 Å². The molecule has 0 saturated carbocycles. The van der Waals surface area contributed by atoms with Gasteiger partial charge in [-0.1, -0.05) is 11.6 Å². The Kier molecular flexibility index (Phi) is 6.83. The first-order valence-corrected chi connectivity index (χ1v) is 8.52. The van der Waals surface area contributed by atoms with Crippen molar-refractivity contribution in [3.63, 3.8) is 0 Å². The lowest BCUT2D eigenvalue weighted by Gasteiger charge is -2.12. The predicted molar refractivity (Wildman–Crippen MR) is 100 cm³/mol. The normalized spacial score (nSPS) is 12.6. The molecule has 0 aliphatic rings. The lowest BCUT2D eigenvalue weighted by molar-refractivity contribution is -0.155. The summed E-state index contributed by atoms with van der Waals surface area (Å²) in [4.78, 5) is 51.4. The van der Waals surface area contributed by atoms with Gasteiger partial charge in [-0.25, -0.2) is 9.59 Å². The van der Waals surface area contributed by atoms with Crippen molar-refractivity contribution in [3.05, 3.63) is 35.1 Å². The van der Waals surface area contributed by atoms with Gasteiger partial charge < -0.3 is 10.1 Å². The van der Waals surface area contributed by atoms with E-state index in [0.29, 0.717) is 10.7 Å². The van der Waals surface area contributed by atoms with Crippen molar-refractivity contribution < 1.29 is 23.9 Å². The van der Waals surface area contributed by atoms with Crippen LogP contribution >= 0.6 is 11.6 Å². The van der Waals surface area contributed by atoms with Crippen molar-refractivity contribution in [2.45, 2.75) is 19.8 Å². The number of H-pyrrole nitrogens is 1. The van der Waals surface area contributed by atoms with Crippen molar-refractivity contribution in [2.24, 2.45) is 5.92 Å². The number of aromatic amines is 1. The van der Waals surface area contributed by atoms with Gasteiger partial charge in [0.1, 0.15) is 5.82 Å². The molecule has 2 rings (SSSR count). The predicted octanol–water partition coefficient (Wildman–Crippen LogP) is 2.15. The van der Waals surface area contributed by atoms with Crippen molar-refractivity contribution in [2.75, 3.05) is 17.7 Å². The van der Waals surface area contributed by atoms with Gasteiger partial charge in [0.2, 0.25) is 11.7 Å². The number of halogens is 1. The van der Waals surface area contributed by atoms with Crippen LogP contribution in [-0.4, -0.2) is 45.9 Å². The Hall–Kier alpha value is -3.27. The highest BCUT2D eigenvalue weighted by Crippen LogP contribution is 2.19. The number of methoxy groups -OCH3 is 1. The molecule has 11 heteroatoms. The number of nitrogens with one attached hydrogen (secondary N) is 3. The average Bonchev–Trinajstić information content (AvgIpc) is 3.14. The molecule has 0 aliphatic heterocycles. The molecule has 1 aromatic heterocycles. The number of ketones is 2. The fraction of sp³-hybridized carbons (Fsp3) is 0.294. The molecule has 1 aromatic carbocycles. The van der Waals surface area contributed by atoms with Crippen LogP contribution in [-0.2, 0) is 19.1 Å². The van der Waals surface area contributed by atoms with Crippen LogP contribution in [0.3, 0.4) is 0 Å². The van der Waals surface area contributed by atoms with Crippen LogP contribution in [0.2, 0.25) is 5.02 Å². The number of hydrogen-bond acceptors (Lipinski definition) is 7. The van der Waals surface area contributed by atoms with E-state index in [1.54, 1.807) is 24.3 Å². The van der Waals surface area contributed by atoms with Crippen molar-refractivity contribution in [3.8, 4) is 0 Å². The van der Waals surface area contributed by atoms with E-state index in [0.717, 1.165) is 7.11 Å². The van der Waals surface area contributed by atoms with E-state index < -0.39 is 35.4 Å². The molecule has 2 atom stereocenters. The van der Waals surface area contributed by atoms with Crippen molar-refractivity contribution >= 4 is 46.8 Å². The second-order valence-electron chi connectivity index (χ2n) is 5.83. The molecule has 3 N–H and O–H groups in total. The summed E-state index contributed by atoms with van der Waals surface area (Å²) in [5, 5.41) is 11.8. The number of rotatable bonds is 7. The number of carbonyl (C=O) groups is 4. The molecule has 2 amide bonds. The molecular weight excluding hydrogens is 390 g/mol. The summed E-state index contributed by atoms with van der Waals surface area (Å²) in [6.45, 7) is 2.81. The maximum absolute atomic E-state index is 12.4. The Bertz CT molecular complexity index is 896. The number of urea groups is 1. The summed E-state index contributed by atoms with van der Waals surface area (Å²) in [6, 6.07) is 5.87. The molecule has 0 bridgehead atoms. The monoisotopic (exact) mass is 407 g/mol. The van der Waals surface area contributed by atoms with E-state index in [1.807, 2.05) is 0 Å². The van der Waals surface area contributed by atoms with E-state index in [1.165, 1.54) is 13.8 Å². The third-order valence-corrected chi connectivity index (χ3v) is 4.13. The maximum Gasteiger partial charge on any atom is 0.375 e. The lowest BCUT2D eigenvalue weighted by atomic mass is 9.91. The summed E-state index contributed by atoms with van der Waals surface area (Å²) in [6.07, 6.45) is 0. The van der Waals surface area contributed by atoms with Gasteiger partial charge in [-0.05, 0) is 38.1 Å². The SMILES string of the molecule is COC(=O)C(=O)[C@H](C)C(=O)[C@H](C)c1nc(NC(=O)Nc2ccc(Cl)cc2)n[nH]1. The summed E-state index contributed by atoms with van der Waals surface area (Å²) in [7, 11) is 1.06. The molecule has 2 aromatic rings. The van der Waals surface area contributed by atoms with Crippen LogP contribution in [0.4, 0.5) is 16.4 Å². The standard InChI is InChI=1S/C17H18ClN5O5/c1-8(13(25)15(26)28-3)12(24)9(2)14-20-16(23-22-14)21-17(27)19-11-6-4-10(18)5-7-11/h4-9H,1-3H3,(H3,19,20,21,22,23,27)/t8-,9+/m1/s1. The first-order chi connectivity index (χ1) is 13.2. The quantitative estimate of drug-likeness (QED) is 0.362. The number of amides is 2. The molecule has 0 unspecified atom stereocenters. The number of esters is 1. The zero-order chi connectivity index (χ0) is 20.8. The molecule has 0 fully saturated rings. The number of anilines is 2. The number of nitrogens with zero attached hydrogens (tertiary/aromatic N) is 2. The summed E-state index contributed by atoms with van der Waals surface area (Å²) < 4.78 is 4.33. The number of benzene rings is 1. The average molecular weight is 408 g/mol. The van der Waals surface area contributed by atoms with Crippen molar-refractivity contribution in [1.29, 1.82) is 0 Å². The molecule has 10 nitrogen and oxygen atoms in total. The molecule has 0 spiro atoms. The highest BCUT2D eigenvalue weighted by molar-refractivity contribution is 6.38. The summed E-state index contributed by atoms with van der Waals surface area (Å²) in [5.41, 5.74) is 0.511. The minimum Gasteiger partial charge on any atom is -0.463 e. The van der Waals surface area contributed by atoms with Crippen molar-refractivity contribution in [1.82, 2.24) is 15.2 Å². The number of Topliss-reactive ketones (excluding diaryl/α,β-unsaturated/α-hetero) is 2. The Balaban J connectivity index is 1.99. The fourth-order valence-corrected chi connectivity index (χ4v) is 2.36. The Morgan fingerprint density at radius 1 is 1.11 bits per heavy atom. The van der Waals surface area contributed by atoms with Crippen LogP contribution in [0.25, 0.3) is 0 Å². The molecule has 0 aliphatic carbocycles. The topological polar surface area (TPSA) is 143 Å². The molecular formula is C17H18ClN5O5. The largest absolute Gasteiger partial charge is 0.463 e. The minimum absolute atomic E-state index is 0.0620. The van der Waals surface area contributed by atoms with Gasteiger partial charge in [0.15, 0.2) is 5.78 Å². The minimum atomic E-state index is -1.20. The Labute approximate surface area is 165 Å². The first-order valence-electron chi connectivity index (χ1n) is 8.14. The van der Waals surface area contributed by atoms with Crippen LogP contribution in [0, 0.1) is 5.92 Å². The Morgan fingerprint density at radius 3 is 2.36 bits per heavy atom. The van der Waals surface area contributed by atoms with Gasteiger partial charge in [-0.2, -0.15) is 4.98 Å². The number of hydrogen-bond donors (Lipinski definition) is 3. The zero-order valence-electron chi connectivity index (χ0n) is 15.3. The van der Waals surface area contributed by atoms with Gasteiger partial charge in [0, 0.05) is 10.7 Å². The molecule has 0 saturated heterocycles. The fourth-order valence-electron chi connectivity index (χ4n) is 2.24. The van der Waals surface area contributed by atoms with Crippen LogP contribution in [0.1, 0.15) is 25.6 Å². The van der Waals surface area contributed by atoms with Crippen LogP contribution < -0.4 is 10.6 Å². The second-order valence-corrected chi connectivity index (χ2v) is 6.27. The summed E-state index contributed by atoms with van der Waals surface area (Å²) in [5.74, 6) is -4.55. The van der Waals surface area contributed by atoms with Gasteiger partial charge in [-0.3, -0.25) is 20.0 Å². The third-order valence-electron chi connectivity index (χ3n) is 3.87. The smallest absolute Gasteiger partial charge is 0.375 e. The van der Waals surface area contributed by atoms with Gasteiger partial charge in [-0.15, -0.1) is 5.10 Å². The van der Waals surface area contributed by atoms with E-state index in [-0.39, 0.29) is 11.8 Å². The number of carbonyl (C=O) groups excluding carboxylic acids is 4. The highest BCUT2D eigenvalue weighted by atomic mass is 35.5. The third kappa shape index (κ3) is 5.13. The van der Waals surface area contributed by atoms with E-state index >= 15 is 0 Å². The second kappa shape index (κ2) is 9.09. The van der Waals surface area contributed by atoms with Crippen LogP contribution in [0.15, 0.2) is 24.3 Å². The molecule has 148 valence electrons. The highest BCUT2D eigenvalue weighted by Gasteiger charge is 2.33. The Morgan fingerprint density at radius 2 is 1.75 bits per heavy atom. The van der Waals surface area contributed by atoms with E-state index in [9.17, 15) is 19.2 Å². The van der Waals surface area contributed by atoms with E-state index in [2.05, 4.69) is 30.6 Å². The maximum atomic E-state index is 12.4.